The molecule has 0 heterocycles. The molecule has 0 saturated heterocycles. The third-order valence-electron chi connectivity index (χ3n) is 2.44. The molecule has 0 rings (SSSR count). The maximum absolute atomic E-state index is 11.6. The van der Waals surface area contributed by atoms with Gasteiger partial charge in [-0.2, -0.15) is 0 Å². The summed E-state index contributed by atoms with van der Waals surface area (Å²) in [5.41, 5.74) is 0. The SMILES string of the molecule is CCCCNC(=O)CN(CCN(C)C)CC(=O)O. The molecule has 106 valence electrons. The number of carboxylic acid groups (broad SMARTS) is 1. The van der Waals surface area contributed by atoms with Crippen molar-refractivity contribution in [3.05, 3.63) is 0 Å². The number of unbranched alkanes of at least 4 members (excludes halogenated alkanes) is 1. The van der Waals surface area contributed by atoms with Gasteiger partial charge in [-0.25, -0.2) is 0 Å². The number of likely N-dealkylation sites (N-methyl/N-ethyl adjacent to an activating group) is 1. The summed E-state index contributed by atoms with van der Waals surface area (Å²) in [6, 6.07) is 0. The number of nitrogens with zero attached hydrogens (tertiary/aromatic N) is 2. The fourth-order valence-corrected chi connectivity index (χ4v) is 1.41. The van der Waals surface area contributed by atoms with Crippen LogP contribution in [0.1, 0.15) is 19.8 Å². The number of carboxylic acids is 1. The van der Waals surface area contributed by atoms with Gasteiger partial charge in [-0.15, -0.1) is 0 Å². The van der Waals surface area contributed by atoms with Crippen LogP contribution in [0.2, 0.25) is 0 Å². The van der Waals surface area contributed by atoms with Gasteiger partial charge in [0.2, 0.25) is 5.91 Å². The average molecular weight is 259 g/mol. The van der Waals surface area contributed by atoms with Gasteiger partial charge in [0.05, 0.1) is 13.1 Å². The second-order valence-corrected chi connectivity index (χ2v) is 4.61. The maximum Gasteiger partial charge on any atom is 0.317 e. The molecule has 18 heavy (non-hydrogen) atoms. The van der Waals surface area contributed by atoms with Crippen LogP contribution in [-0.2, 0) is 9.59 Å². The number of aliphatic carboxylic acids is 1. The van der Waals surface area contributed by atoms with Crippen molar-refractivity contribution >= 4 is 11.9 Å². The molecule has 0 aliphatic rings. The van der Waals surface area contributed by atoms with Crippen molar-refractivity contribution in [2.24, 2.45) is 0 Å². The number of amides is 1. The van der Waals surface area contributed by atoms with E-state index in [-0.39, 0.29) is 19.0 Å². The van der Waals surface area contributed by atoms with Crippen molar-refractivity contribution in [3.63, 3.8) is 0 Å². The molecule has 6 nitrogen and oxygen atoms in total. The minimum Gasteiger partial charge on any atom is -0.480 e. The zero-order valence-corrected chi connectivity index (χ0v) is 11.6. The van der Waals surface area contributed by atoms with E-state index in [2.05, 4.69) is 12.2 Å². The van der Waals surface area contributed by atoms with Crippen LogP contribution in [0, 0.1) is 0 Å². The van der Waals surface area contributed by atoms with Crippen LogP contribution in [0.25, 0.3) is 0 Å². The Balaban J connectivity index is 4.04. The summed E-state index contributed by atoms with van der Waals surface area (Å²) < 4.78 is 0. The first kappa shape index (κ1) is 16.9. The van der Waals surface area contributed by atoms with Gasteiger partial charge in [0.25, 0.3) is 0 Å². The molecule has 1 amide bonds. The fraction of sp³-hybridized carbons (Fsp3) is 0.833. The highest BCUT2D eigenvalue weighted by molar-refractivity contribution is 5.78. The van der Waals surface area contributed by atoms with Crippen LogP contribution in [0.3, 0.4) is 0 Å². The lowest BCUT2D eigenvalue weighted by Crippen LogP contribution is -2.42. The predicted molar refractivity (Wildman–Crippen MR) is 70.5 cm³/mol. The number of nitrogens with one attached hydrogen (secondary N) is 1. The highest BCUT2D eigenvalue weighted by Crippen LogP contribution is 1.90. The predicted octanol–water partition coefficient (Wildman–Crippen LogP) is -0.149. The van der Waals surface area contributed by atoms with Gasteiger partial charge in [-0.1, -0.05) is 13.3 Å². The molecule has 0 aromatic carbocycles. The lowest BCUT2D eigenvalue weighted by Gasteiger charge is -2.21. The molecule has 0 spiro atoms. The van der Waals surface area contributed by atoms with Gasteiger partial charge in [0.15, 0.2) is 0 Å². The molecular weight excluding hydrogens is 234 g/mol. The molecule has 2 N–H and O–H groups in total. The molecule has 0 saturated carbocycles. The topological polar surface area (TPSA) is 72.9 Å². The number of hydrogen-bond acceptors (Lipinski definition) is 4. The monoisotopic (exact) mass is 259 g/mol. The lowest BCUT2D eigenvalue weighted by molar-refractivity contribution is -0.138. The third kappa shape index (κ3) is 10.0. The highest BCUT2D eigenvalue weighted by Gasteiger charge is 2.13. The minimum atomic E-state index is -0.907. The molecule has 0 bridgehead atoms. The number of hydrogen-bond donors (Lipinski definition) is 2. The van der Waals surface area contributed by atoms with E-state index in [1.165, 1.54) is 0 Å². The van der Waals surface area contributed by atoms with Crippen LogP contribution in [0.5, 0.6) is 0 Å². The van der Waals surface area contributed by atoms with Crippen molar-refractivity contribution < 1.29 is 14.7 Å². The number of rotatable bonds is 10. The number of carbonyl (C=O) groups is 2. The summed E-state index contributed by atoms with van der Waals surface area (Å²) in [6.07, 6.45) is 1.97. The molecule has 0 aliphatic heterocycles. The molecule has 0 radical (unpaired) electrons. The molecule has 0 unspecified atom stereocenters. The van der Waals surface area contributed by atoms with E-state index in [4.69, 9.17) is 5.11 Å². The fourth-order valence-electron chi connectivity index (χ4n) is 1.41. The summed E-state index contributed by atoms with van der Waals surface area (Å²) in [5, 5.41) is 11.6. The van der Waals surface area contributed by atoms with Gasteiger partial charge in [-0.05, 0) is 20.5 Å². The first-order valence-corrected chi connectivity index (χ1v) is 6.31. The molecular formula is C12H25N3O3. The summed E-state index contributed by atoms with van der Waals surface area (Å²) >= 11 is 0. The Labute approximate surface area is 109 Å². The summed E-state index contributed by atoms with van der Waals surface area (Å²) in [5.74, 6) is -1.02. The molecule has 0 aliphatic carbocycles. The van der Waals surface area contributed by atoms with Crippen LogP contribution in [0.15, 0.2) is 0 Å². The smallest absolute Gasteiger partial charge is 0.317 e. The van der Waals surface area contributed by atoms with Crippen molar-refractivity contribution in [1.82, 2.24) is 15.1 Å². The molecule has 6 heteroatoms. The van der Waals surface area contributed by atoms with Gasteiger partial charge in [-0.3, -0.25) is 14.5 Å². The van der Waals surface area contributed by atoms with Crippen LogP contribution in [-0.4, -0.2) is 73.6 Å². The van der Waals surface area contributed by atoms with E-state index in [1.807, 2.05) is 19.0 Å². The summed E-state index contributed by atoms with van der Waals surface area (Å²) in [6.45, 7) is 4.05. The van der Waals surface area contributed by atoms with E-state index in [9.17, 15) is 9.59 Å². The Bertz CT molecular complexity index is 257. The van der Waals surface area contributed by atoms with Gasteiger partial charge < -0.3 is 15.3 Å². The second kappa shape index (κ2) is 9.85. The largest absolute Gasteiger partial charge is 0.480 e. The minimum absolute atomic E-state index is 0.102. The van der Waals surface area contributed by atoms with Gasteiger partial charge >= 0.3 is 5.97 Å². The second-order valence-electron chi connectivity index (χ2n) is 4.61. The Hall–Kier alpha value is -1.14. The Morgan fingerprint density at radius 2 is 1.83 bits per heavy atom. The van der Waals surface area contributed by atoms with Crippen LogP contribution >= 0.6 is 0 Å². The van der Waals surface area contributed by atoms with E-state index < -0.39 is 5.97 Å². The molecule has 0 fully saturated rings. The standard InChI is InChI=1S/C12H25N3O3/c1-4-5-6-13-11(16)9-15(10-12(17)18)8-7-14(2)3/h4-10H2,1-3H3,(H,13,16)(H,17,18). The van der Waals surface area contributed by atoms with E-state index in [0.717, 1.165) is 19.4 Å². The van der Waals surface area contributed by atoms with E-state index in [0.29, 0.717) is 13.1 Å². The maximum atomic E-state index is 11.6. The lowest BCUT2D eigenvalue weighted by atomic mass is 10.3. The van der Waals surface area contributed by atoms with Crippen molar-refractivity contribution in [2.75, 3.05) is 46.8 Å². The van der Waals surface area contributed by atoms with Crippen LogP contribution < -0.4 is 5.32 Å². The molecule has 0 aromatic heterocycles. The van der Waals surface area contributed by atoms with Crippen molar-refractivity contribution in [1.29, 1.82) is 0 Å². The van der Waals surface area contributed by atoms with E-state index >= 15 is 0 Å². The normalized spacial score (nSPS) is 10.9. The highest BCUT2D eigenvalue weighted by atomic mass is 16.4. The third-order valence-corrected chi connectivity index (χ3v) is 2.44. The quantitative estimate of drug-likeness (QED) is 0.534. The van der Waals surface area contributed by atoms with Crippen molar-refractivity contribution in [3.8, 4) is 0 Å². The molecule has 0 atom stereocenters. The molecule has 0 aromatic rings. The van der Waals surface area contributed by atoms with Crippen molar-refractivity contribution in [2.45, 2.75) is 19.8 Å². The Morgan fingerprint density at radius 3 is 2.33 bits per heavy atom. The van der Waals surface area contributed by atoms with Gasteiger partial charge in [0.1, 0.15) is 0 Å². The zero-order valence-electron chi connectivity index (χ0n) is 11.6. The number of carbonyl (C=O) groups excluding carboxylic acids is 1. The average Bonchev–Trinajstić information content (AvgIpc) is 2.25. The van der Waals surface area contributed by atoms with E-state index in [1.54, 1.807) is 4.90 Å². The van der Waals surface area contributed by atoms with Gasteiger partial charge in [0, 0.05) is 19.6 Å². The zero-order chi connectivity index (χ0) is 14.0. The Kier molecular flexibility index (Phi) is 9.22. The summed E-state index contributed by atoms with van der Waals surface area (Å²) in [7, 11) is 3.83. The first-order valence-electron chi connectivity index (χ1n) is 6.31. The first-order chi connectivity index (χ1) is 8.45. The summed E-state index contributed by atoms with van der Waals surface area (Å²) in [4.78, 5) is 25.9. The Morgan fingerprint density at radius 1 is 1.17 bits per heavy atom. The van der Waals surface area contributed by atoms with Crippen LogP contribution in [0.4, 0.5) is 0 Å².